The SMILES string of the molecule is CC(C)C(=O)Nc1cccc(OC(=O)C(C(C)C)N2CCCC2=O)c1. The van der Waals surface area contributed by atoms with Crippen molar-refractivity contribution in [2.75, 3.05) is 11.9 Å². The summed E-state index contributed by atoms with van der Waals surface area (Å²) in [5.41, 5.74) is 0.572. The van der Waals surface area contributed by atoms with Gasteiger partial charge in [-0.05, 0) is 24.5 Å². The Morgan fingerprint density at radius 2 is 1.92 bits per heavy atom. The van der Waals surface area contributed by atoms with Gasteiger partial charge >= 0.3 is 5.97 Å². The van der Waals surface area contributed by atoms with Gasteiger partial charge in [-0.3, -0.25) is 9.59 Å². The maximum Gasteiger partial charge on any atom is 0.334 e. The fourth-order valence-corrected chi connectivity index (χ4v) is 2.82. The van der Waals surface area contributed by atoms with E-state index in [1.165, 1.54) is 0 Å². The monoisotopic (exact) mass is 346 g/mol. The van der Waals surface area contributed by atoms with E-state index in [1.54, 1.807) is 43.0 Å². The highest BCUT2D eigenvalue weighted by Crippen LogP contribution is 2.23. The zero-order chi connectivity index (χ0) is 18.6. The average molecular weight is 346 g/mol. The van der Waals surface area contributed by atoms with E-state index in [9.17, 15) is 14.4 Å². The summed E-state index contributed by atoms with van der Waals surface area (Å²) < 4.78 is 5.50. The smallest absolute Gasteiger partial charge is 0.334 e. The molecule has 1 heterocycles. The van der Waals surface area contributed by atoms with Crippen LogP contribution in [0.3, 0.4) is 0 Å². The van der Waals surface area contributed by atoms with Gasteiger partial charge in [-0.1, -0.05) is 33.8 Å². The van der Waals surface area contributed by atoms with Crippen LogP contribution in [0, 0.1) is 11.8 Å². The number of nitrogens with zero attached hydrogens (tertiary/aromatic N) is 1. The Labute approximate surface area is 148 Å². The maximum absolute atomic E-state index is 12.6. The molecule has 0 spiro atoms. The molecule has 1 unspecified atom stereocenters. The number of esters is 1. The summed E-state index contributed by atoms with van der Waals surface area (Å²) in [6.07, 6.45) is 1.25. The number of ether oxygens (including phenoxy) is 1. The van der Waals surface area contributed by atoms with Gasteiger partial charge < -0.3 is 15.0 Å². The van der Waals surface area contributed by atoms with Gasteiger partial charge in [0.15, 0.2) is 0 Å². The molecular formula is C19H26N2O4. The van der Waals surface area contributed by atoms with Gasteiger partial charge in [-0.15, -0.1) is 0 Å². The molecule has 0 aliphatic carbocycles. The standard InChI is InChI=1S/C19H26N2O4/c1-12(2)17(21-10-6-9-16(21)22)19(24)25-15-8-5-7-14(11-15)20-18(23)13(3)4/h5,7-8,11-13,17H,6,9-10H2,1-4H3,(H,20,23). The number of hydrogen-bond acceptors (Lipinski definition) is 4. The quantitative estimate of drug-likeness (QED) is 0.635. The summed E-state index contributed by atoms with van der Waals surface area (Å²) in [5, 5.41) is 2.77. The molecule has 1 saturated heterocycles. The second kappa shape index (κ2) is 8.14. The summed E-state index contributed by atoms with van der Waals surface area (Å²) in [4.78, 5) is 38.0. The Kier molecular flexibility index (Phi) is 6.17. The van der Waals surface area contributed by atoms with Gasteiger partial charge in [0.2, 0.25) is 11.8 Å². The van der Waals surface area contributed by atoms with Crippen molar-refractivity contribution in [1.29, 1.82) is 0 Å². The third-order valence-corrected chi connectivity index (χ3v) is 4.16. The number of carbonyl (C=O) groups is 3. The van der Waals surface area contributed by atoms with Crippen molar-refractivity contribution in [3.05, 3.63) is 24.3 Å². The van der Waals surface area contributed by atoms with Gasteiger partial charge in [-0.2, -0.15) is 0 Å². The largest absolute Gasteiger partial charge is 0.425 e. The van der Waals surface area contributed by atoms with Crippen molar-refractivity contribution in [2.45, 2.75) is 46.6 Å². The first-order chi connectivity index (χ1) is 11.8. The normalized spacial score (nSPS) is 15.6. The minimum Gasteiger partial charge on any atom is -0.425 e. The Morgan fingerprint density at radius 3 is 2.48 bits per heavy atom. The Morgan fingerprint density at radius 1 is 1.20 bits per heavy atom. The minimum atomic E-state index is -0.594. The van der Waals surface area contributed by atoms with Gasteiger partial charge in [-0.25, -0.2) is 4.79 Å². The predicted molar refractivity (Wildman–Crippen MR) is 95.1 cm³/mol. The number of hydrogen-bond donors (Lipinski definition) is 1. The average Bonchev–Trinajstić information content (AvgIpc) is 2.93. The molecule has 2 amide bonds. The fourth-order valence-electron chi connectivity index (χ4n) is 2.82. The van der Waals surface area contributed by atoms with Crippen LogP contribution < -0.4 is 10.1 Å². The van der Waals surface area contributed by atoms with Crippen LogP contribution >= 0.6 is 0 Å². The lowest BCUT2D eigenvalue weighted by Crippen LogP contribution is -2.47. The number of amides is 2. The molecule has 136 valence electrons. The number of nitrogens with one attached hydrogen (secondary N) is 1. The lowest BCUT2D eigenvalue weighted by molar-refractivity contribution is -0.148. The molecule has 0 saturated carbocycles. The topological polar surface area (TPSA) is 75.7 Å². The molecule has 2 rings (SSSR count). The molecule has 1 N–H and O–H groups in total. The van der Waals surface area contributed by atoms with E-state index in [-0.39, 0.29) is 23.7 Å². The second-order valence-electron chi connectivity index (χ2n) is 6.97. The summed E-state index contributed by atoms with van der Waals surface area (Å²) >= 11 is 0. The summed E-state index contributed by atoms with van der Waals surface area (Å²) in [6.45, 7) is 7.99. The first-order valence-corrected chi connectivity index (χ1v) is 8.71. The molecule has 6 nitrogen and oxygen atoms in total. The van der Waals surface area contributed by atoms with Crippen molar-refractivity contribution in [1.82, 2.24) is 4.90 Å². The summed E-state index contributed by atoms with van der Waals surface area (Å²) in [6, 6.07) is 6.13. The Hall–Kier alpha value is -2.37. The number of benzene rings is 1. The van der Waals surface area contributed by atoms with Crippen molar-refractivity contribution in [3.63, 3.8) is 0 Å². The van der Waals surface area contributed by atoms with E-state index in [0.717, 1.165) is 6.42 Å². The van der Waals surface area contributed by atoms with Crippen molar-refractivity contribution in [2.24, 2.45) is 11.8 Å². The Bertz CT molecular complexity index is 655. The molecule has 1 fully saturated rings. The van der Waals surface area contributed by atoms with E-state index >= 15 is 0 Å². The van der Waals surface area contributed by atoms with Crippen LogP contribution in [0.15, 0.2) is 24.3 Å². The van der Waals surface area contributed by atoms with E-state index < -0.39 is 12.0 Å². The number of likely N-dealkylation sites (tertiary alicyclic amines) is 1. The molecule has 1 aliphatic heterocycles. The van der Waals surface area contributed by atoms with Crippen LogP contribution in [0.25, 0.3) is 0 Å². The third-order valence-electron chi connectivity index (χ3n) is 4.16. The molecule has 1 atom stereocenters. The van der Waals surface area contributed by atoms with Crippen molar-refractivity contribution >= 4 is 23.5 Å². The van der Waals surface area contributed by atoms with Gasteiger partial charge in [0, 0.05) is 30.6 Å². The highest BCUT2D eigenvalue weighted by molar-refractivity contribution is 5.92. The number of rotatable bonds is 6. The van der Waals surface area contributed by atoms with Gasteiger partial charge in [0.05, 0.1) is 0 Å². The van der Waals surface area contributed by atoms with E-state index in [0.29, 0.717) is 24.4 Å². The molecule has 1 aromatic carbocycles. The molecule has 0 aromatic heterocycles. The van der Waals surface area contributed by atoms with Crippen LogP contribution in [-0.2, 0) is 14.4 Å². The van der Waals surface area contributed by atoms with Crippen LogP contribution in [0.4, 0.5) is 5.69 Å². The molecule has 25 heavy (non-hydrogen) atoms. The Balaban J connectivity index is 2.10. The van der Waals surface area contributed by atoms with Crippen LogP contribution in [-0.4, -0.2) is 35.3 Å². The lowest BCUT2D eigenvalue weighted by atomic mass is 10.0. The molecular weight excluding hydrogens is 320 g/mol. The van der Waals surface area contributed by atoms with Crippen LogP contribution in [0.1, 0.15) is 40.5 Å². The maximum atomic E-state index is 12.6. The highest BCUT2D eigenvalue weighted by Gasteiger charge is 2.36. The molecule has 1 aromatic rings. The van der Waals surface area contributed by atoms with Gasteiger partial charge in [0.25, 0.3) is 0 Å². The zero-order valence-corrected chi connectivity index (χ0v) is 15.2. The fraction of sp³-hybridized carbons (Fsp3) is 0.526. The summed E-state index contributed by atoms with van der Waals surface area (Å²) in [5.74, 6) is -0.391. The van der Waals surface area contributed by atoms with Crippen LogP contribution in [0.5, 0.6) is 5.75 Å². The lowest BCUT2D eigenvalue weighted by Gasteiger charge is -2.28. The van der Waals surface area contributed by atoms with Crippen molar-refractivity contribution in [3.8, 4) is 5.75 Å². The van der Waals surface area contributed by atoms with Crippen LogP contribution in [0.2, 0.25) is 0 Å². The third kappa shape index (κ3) is 4.81. The van der Waals surface area contributed by atoms with Gasteiger partial charge in [0.1, 0.15) is 11.8 Å². The highest BCUT2D eigenvalue weighted by atomic mass is 16.5. The molecule has 1 aliphatic rings. The first kappa shape index (κ1) is 19.0. The number of carbonyl (C=O) groups excluding carboxylic acids is 3. The second-order valence-corrected chi connectivity index (χ2v) is 6.97. The van der Waals surface area contributed by atoms with E-state index in [4.69, 9.17) is 4.74 Å². The number of anilines is 1. The first-order valence-electron chi connectivity index (χ1n) is 8.71. The molecule has 0 bridgehead atoms. The molecule has 6 heteroatoms. The predicted octanol–water partition coefficient (Wildman–Crippen LogP) is 2.83. The minimum absolute atomic E-state index is 0.00593. The zero-order valence-electron chi connectivity index (χ0n) is 15.2. The summed E-state index contributed by atoms with van der Waals surface area (Å²) in [7, 11) is 0. The van der Waals surface area contributed by atoms with E-state index in [1.807, 2.05) is 13.8 Å². The van der Waals surface area contributed by atoms with Crippen molar-refractivity contribution < 1.29 is 19.1 Å². The molecule has 0 radical (unpaired) electrons. The van der Waals surface area contributed by atoms with E-state index in [2.05, 4.69) is 5.32 Å².